The van der Waals surface area contributed by atoms with Crippen LogP contribution in [0.5, 0.6) is 0 Å². The Balaban J connectivity index is 0.00000220. The van der Waals surface area contributed by atoms with E-state index in [1.807, 2.05) is 12.3 Å². The Hall–Kier alpha value is -1.42. The third-order valence-corrected chi connectivity index (χ3v) is 3.50. The highest BCUT2D eigenvalue weighted by Crippen LogP contribution is 2.08. The summed E-state index contributed by atoms with van der Waals surface area (Å²) in [6, 6.07) is 14.7. The maximum absolute atomic E-state index is 5.73. The van der Waals surface area contributed by atoms with Gasteiger partial charge in [0, 0.05) is 32.4 Å². The lowest BCUT2D eigenvalue weighted by Gasteiger charge is -2.22. The van der Waals surface area contributed by atoms with Crippen LogP contribution in [0.2, 0.25) is 0 Å². The summed E-state index contributed by atoms with van der Waals surface area (Å²) in [5, 5.41) is 0. The van der Waals surface area contributed by atoms with E-state index in [4.69, 9.17) is 5.73 Å². The maximum Gasteiger partial charge on any atom is 0.0573 e. The van der Waals surface area contributed by atoms with Crippen LogP contribution in [0.4, 0.5) is 0 Å². The predicted octanol–water partition coefficient (Wildman–Crippen LogP) is 2.82. The first-order chi connectivity index (χ1) is 9.79. The highest BCUT2D eigenvalue weighted by Gasteiger charge is 2.08. The molecule has 2 rings (SSSR count). The van der Waals surface area contributed by atoms with Crippen molar-refractivity contribution in [2.45, 2.75) is 19.9 Å². The summed E-state index contributed by atoms with van der Waals surface area (Å²) in [5.41, 5.74) is 9.49. The Morgan fingerprint density at radius 3 is 2.48 bits per heavy atom. The van der Waals surface area contributed by atoms with Gasteiger partial charge < -0.3 is 5.73 Å². The summed E-state index contributed by atoms with van der Waals surface area (Å²) < 4.78 is 0. The lowest BCUT2D eigenvalue weighted by molar-refractivity contribution is 0.272. The van der Waals surface area contributed by atoms with E-state index in [9.17, 15) is 0 Å². The zero-order valence-electron chi connectivity index (χ0n) is 12.5. The van der Waals surface area contributed by atoms with Crippen molar-refractivity contribution >= 4 is 12.4 Å². The zero-order chi connectivity index (χ0) is 14.2. The Labute approximate surface area is 133 Å². The smallest absolute Gasteiger partial charge is 0.0573 e. The van der Waals surface area contributed by atoms with E-state index in [0.29, 0.717) is 6.54 Å². The average molecular weight is 306 g/mol. The van der Waals surface area contributed by atoms with Gasteiger partial charge in [-0.05, 0) is 30.5 Å². The molecule has 2 aromatic rings. The van der Waals surface area contributed by atoms with Gasteiger partial charge in [-0.3, -0.25) is 9.88 Å². The first-order valence-electron chi connectivity index (χ1n) is 7.16. The second-order valence-corrected chi connectivity index (χ2v) is 5.07. The van der Waals surface area contributed by atoms with Crippen LogP contribution in [0.3, 0.4) is 0 Å². The number of rotatable bonds is 7. The molecule has 0 aliphatic heterocycles. The number of aromatic nitrogens is 1. The number of halogens is 1. The van der Waals surface area contributed by atoms with Crippen molar-refractivity contribution in [3.63, 3.8) is 0 Å². The highest BCUT2D eigenvalue weighted by molar-refractivity contribution is 5.85. The molecule has 0 bridgehead atoms. The van der Waals surface area contributed by atoms with Crippen LogP contribution >= 0.6 is 12.4 Å². The number of hydrogen-bond donors (Lipinski definition) is 1. The van der Waals surface area contributed by atoms with Crippen LogP contribution in [-0.4, -0.2) is 29.5 Å². The largest absolute Gasteiger partial charge is 0.329 e. The molecule has 0 amide bonds. The fraction of sp³-hybridized carbons (Fsp3) is 0.353. The summed E-state index contributed by atoms with van der Waals surface area (Å²) in [5.74, 6) is 0. The third-order valence-electron chi connectivity index (χ3n) is 3.50. The number of nitrogens with two attached hydrogens (primary N) is 1. The Morgan fingerprint density at radius 2 is 1.81 bits per heavy atom. The molecule has 0 saturated heterocycles. The Morgan fingerprint density at radius 1 is 1.05 bits per heavy atom. The highest BCUT2D eigenvalue weighted by atomic mass is 35.5. The molecule has 0 aliphatic carbocycles. The minimum Gasteiger partial charge on any atom is -0.329 e. The van der Waals surface area contributed by atoms with E-state index < -0.39 is 0 Å². The first kappa shape index (κ1) is 17.6. The monoisotopic (exact) mass is 305 g/mol. The number of nitrogens with zero attached hydrogens (tertiary/aromatic N) is 2. The summed E-state index contributed by atoms with van der Waals surface area (Å²) >= 11 is 0. The molecule has 1 aromatic heterocycles. The van der Waals surface area contributed by atoms with Gasteiger partial charge in [0.05, 0.1) is 5.69 Å². The van der Waals surface area contributed by atoms with Crippen LogP contribution in [-0.2, 0) is 13.0 Å². The molecule has 0 fully saturated rings. The van der Waals surface area contributed by atoms with E-state index in [0.717, 1.165) is 31.7 Å². The van der Waals surface area contributed by atoms with Crippen molar-refractivity contribution in [3.05, 3.63) is 65.5 Å². The molecule has 0 atom stereocenters. The predicted molar refractivity (Wildman–Crippen MR) is 90.7 cm³/mol. The number of pyridine rings is 1. The van der Waals surface area contributed by atoms with Crippen molar-refractivity contribution in [2.24, 2.45) is 5.73 Å². The quantitative estimate of drug-likeness (QED) is 0.855. The van der Waals surface area contributed by atoms with E-state index in [1.54, 1.807) is 0 Å². The van der Waals surface area contributed by atoms with Crippen molar-refractivity contribution < 1.29 is 0 Å². The molecule has 4 heteroatoms. The van der Waals surface area contributed by atoms with Crippen LogP contribution in [0.25, 0.3) is 0 Å². The molecule has 1 aromatic carbocycles. The molecule has 21 heavy (non-hydrogen) atoms. The molecule has 0 aliphatic rings. The van der Waals surface area contributed by atoms with Gasteiger partial charge >= 0.3 is 0 Å². The summed E-state index contributed by atoms with van der Waals surface area (Å²) in [6.45, 7) is 5.58. The molecule has 0 radical (unpaired) electrons. The second kappa shape index (κ2) is 9.50. The topological polar surface area (TPSA) is 42.2 Å². The minimum atomic E-state index is 0. The van der Waals surface area contributed by atoms with E-state index >= 15 is 0 Å². The van der Waals surface area contributed by atoms with Gasteiger partial charge in [0.2, 0.25) is 0 Å². The summed E-state index contributed by atoms with van der Waals surface area (Å²) in [7, 11) is 0. The van der Waals surface area contributed by atoms with Gasteiger partial charge in [-0.15, -0.1) is 12.4 Å². The summed E-state index contributed by atoms with van der Waals surface area (Å²) in [6.07, 6.45) is 2.91. The minimum absolute atomic E-state index is 0. The molecule has 1 heterocycles. The van der Waals surface area contributed by atoms with Crippen LogP contribution < -0.4 is 5.73 Å². The van der Waals surface area contributed by atoms with Gasteiger partial charge in [-0.1, -0.05) is 36.4 Å². The van der Waals surface area contributed by atoms with Crippen LogP contribution in [0.1, 0.15) is 16.8 Å². The van der Waals surface area contributed by atoms with Gasteiger partial charge in [-0.2, -0.15) is 0 Å². The molecule has 0 unspecified atom stereocenters. The molecular weight excluding hydrogens is 282 g/mol. The number of hydrogen-bond acceptors (Lipinski definition) is 3. The van der Waals surface area contributed by atoms with Crippen LogP contribution in [0.15, 0.2) is 48.7 Å². The fourth-order valence-corrected chi connectivity index (χ4v) is 2.28. The number of aryl methyl sites for hydroxylation is 1. The van der Waals surface area contributed by atoms with Crippen molar-refractivity contribution in [3.8, 4) is 0 Å². The molecule has 0 saturated carbocycles. The van der Waals surface area contributed by atoms with Crippen molar-refractivity contribution in [1.29, 1.82) is 0 Å². The van der Waals surface area contributed by atoms with Gasteiger partial charge in [-0.25, -0.2) is 0 Å². The molecule has 114 valence electrons. The second-order valence-electron chi connectivity index (χ2n) is 5.07. The average Bonchev–Trinajstić information content (AvgIpc) is 2.48. The van der Waals surface area contributed by atoms with Gasteiger partial charge in [0.25, 0.3) is 0 Å². The van der Waals surface area contributed by atoms with E-state index in [-0.39, 0.29) is 12.4 Å². The summed E-state index contributed by atoms with van der Waals surface area (Å²) in [4.78, 5) is 6.85. The molecule has 0 spiro atoms. The standard InChI is InChI=1S/C17H23N3.ClH/c1-15-6-5-11-19-17(15)14-20(13-10-18)12-9-16-7-3-2-4-8-16;/h2-8,11H,9-10,12-14,18H2,1H3;1H. The van der Waals surface area contributed by atoms with Crippen molar-refractivity contribution in [1.82, 2.24) is 9.88 Å². The maximum atomic E-state index is 5.73. The zero-order valence-corrected chi connectivity index (χ0v) is 13.4. The molecular formula is C17H24ClN3. The van der Waals surface area contributed by atoms with Gasteiger partial charge in [0.15, 0.2) is 0 Å². The Kier molecular flexibility index (Phi) is 7.98. The fourth-order valence-electron chi connectivity index (χ4n) is 2.28. The lowest BCUT2D eigenvalue weighted by Crippen LogP contribution is -2.31. The normalized spacial score (nSPS) is 10.4. The van der Waals surface area contributed by atoms with E-state index in [2.05, 4.69) is 53.2 Å². The third kappa shape index (κ3) is 5.84. The Bertz CT molecular complexity index is 516. The van der Waals surface area contributed by atoms with Crippen molar-refractivity contribution in [2.75, 3.05) is 19.6 Å². The van der Waals surface area contributed by atoms with E-state index in [1.165, 1.54) is 11.1 Å². The van der Waals surface area contributed by atoms with Gasteiger partial charge in [0.1, 0.15) is 0 Å². The van der Waals surface area contributed by atoms with Crippen LogP contribution in [0, 0.1) is 6.92 Å². The lowest BCUT2D eigenvalue weighted by atomic mass is 10.1. The number of benzene rings is 1. The molecule has 3 nitrogen and oxygen atoms in total. The SMILES string of the molecule is Cc1cccnc1CN(CCN)CCc1ccccc1.Cl. The molecule has 2 N–H and O–H groups in total. The first-order valence-corrected chi connectivity index (χ1v) is 7.16.